The summed E-state index contributed by atoms with van der Waals surface area (Å²) in [7, 11) is 1.61. The molecule has 4 rings (SSSR count). The molecule has 0 fully saturated rings. The van der Waals surface area contributed by atoms with Crippen LogP contribution in [0.1, 0.15) is 22.7 Å². The lowest BCUT2D eigenvalue weighted by Gasteiger charge is -2.31. The Morgan fingerprint density at radius 2 is 1.83 bits per heavy atom. The van der Waals surface area contributed by atoms with Gasteiger partial charge < -0.3 is 15.0 Å². The summed E-state index contributed by atoms with van der Waals surface area (Å²) in [5, 5.41) is 2.94. The number of nitrogens with one attached hydrogen (secondary N) is 1. The van der Waals surface area contributed by atoms with E-state index < -0.39 is 0 Å². The third kappa shape index (κ3) is 4.24. The third-order valence-corrected chi connectivity index (χ3v) is 5.65. The quantitative estimate of drug-likeness (QED) is 0.614. The highest BCUT2D eigenvalue weighted by molar-refractivity contribution is 9.10. The smallest absolute Gasteiger partial charge is 0.244 e. The summed E-state index contributed by atoms with van der Waals surface area (Å²) in [5.74, 6) is 0.415. The number of rotatable bonds is 4. The van der Waals surface area contributed by atoms with Crippen molar-refractivity contribution in [1.29, 1.82) is 0 Å². The molecular weight excluding hydrogens is 444 g/mol. The van der Waals surface area contributed by atoms with Crippen molar-refractivity contribution >= 4 is 33.4 Å². The van der Waals surface area contributed by atoms with Gasteiger partial charge in [0.2, 0.25) is 11.8 Å². The van der Waals surface area contributed by atoms with Gasteiger partial charge in [-0.05, 0) is 41.5 Å². The van der Waals surface area contributed by atoms with E-state index in [0.717, 1.165) is 32.6 Å². The van der Waals surface area contributed by atoms with Gasteiger partial charge in [0.1, 0.15) is 12.3 Å². The predicted molar refractivity (Wildman–Crippen MR) is 119 cm³/mol. The molecule has 0 saturated heterocycles. The Morgan fingerprint density at radius 1 is 1.10 bits per heavy atom. The lowest BCUT2D eigenvalue weighted by molar-refractivity contribution is -0.135. The number of hydrogen-bond acceptors (Lipinski definition) is 3. The molecule has 3 aromatic carbocycles. The van der Waals surface area contributed by atoms with Crippen LogP contribution in [0, 0.1) is 0 Å². The summed E-state index contributed by atoms with van der Waals surface area (Å²) >= 11 is 3.53. The van der Waals surface area contributed by atoms with Crippen LogP contribution in [0.25, 0.3) is 0 Å². The topological polar surface area (TPSA) is 58.6 Å². The van der Waals surface area contributed by atoms with Gasteiger partial charge in [-0.2, -0.15) is 0 Å². The van der Waals surface area contributed by atoms with E-state index in [1.54, 1.807) is 12.0 Å². The molecular formula is C24H21BrN2O3. The third-order valence-electron chi connectivity index (χ3n) is 5.16. The van der Waals surface area contributed by atoms with E-state index in [4.69, 9.17) is 4.74 Å². The van der Waals surface area contributed by atoms with Crippen molar-refractivity contribution in [1.82, 2.24) is 4.90 Å². The molecule has 0 bridgehead atoms. The minimum Gasteiger partial charge on any atom is -0.497 e. The molecule has 0 saturated carbocycles. The van der Waals surface area contributed by atoms with E-state index in [1.165, 1.54) is 0 Å². The molecule has 5 nitrogen and oxygen atoms in total. The zero-order chi connectivity index (χ0) is 21.1. The Hall–Kier alpha value is -3.12. The Morgan fingerprint density at radius 3 is 2.53 bits per heavy atom. The molecule has 152 valence electrons. The molecule has 0 aromatic heterocycles. The fourth-order valence-corrected chi connectivity index (χ4v) is 4.10. The van der Waals surface area contributed by atoms with Gasteiger partial charge in [-0.1, -0.05) is 58.4 Å². The van der Waals surface area contributed by atoms with Crippen LogP contribution in [0.5, 0.6) is 5.75 Å². The van der Waals surface area contributed by atoms with Crippen LogP contribution in [0.3, 0.4) is 0 Å². The van der Waals surface area contributed by atoms with Gasteiger partial charge in [0.25, 0.3) is 0 Å². The highest BCUT2D eigenvalue weighted by atomic mass is 79.9. The normalized spacial score (nSPS) is 15.7. The fraction of sp³-hybridized carbons (Fsp3) is 0.167. The van der Waals surface area contributed by atoms with Gasteiger partial charge in [-0.15, -0.1) is 0 Å². The minimum atomic E-state index is -0.372. The number of ether oxygens (including phenoxy) is 1. The number of nitrogens with zero attached hydrogens (tertiary/aromatic N) is 1. The molecule has 3 aromatic rings. The maximum atomic E-state index is 13.4. The van der Waals surface area contributed by atoms with Crippen LogP contribution >= 0.6 is 15.9 Å². The SMILES string of the molecule is COc1ccc(CC(=O)N2CC(=O)Nc3ccc(Br)cc3C2c2ccccc2)cc1. The molecule has 1 aliphatic heterocycles. The number of methoxy groups -OCH3 is 1. The molecule has 0 radical (unpaired) electrons. The summed E-state index contributed by atoms with van der Waals surface area (Å²) in [5.41, 5.74) is 3.42. The second-order valence-electron chi connectivity index (χ2n) is 7.14. The lowest BCUT2D eigenvalue weighted by Crippen LogP contribution is -2.39. The van der Waals surface area contributed by atoms with E-state index in [1.807, 2.05) is 72.8 Å². The van der Waals surface area contributed by atoms with Crippen LogP contribution in [0.4, 0.5) is 5.69 Å². The van der Waals surface area contributed by atoms with E-state index >= 15 is 0 Å². The van der Waals surface area contributed by atoms with Gasteiger partial charge >= 0.3 is 0 Å². The van der Waals surface area contributed by atoms with Crippen LogP contribution in [-0.4, -0.2) is 30.4 Å². The van der Waals surface area contributed by atoms with Crippen LogP contribution < -0.4 is 10.1 Å². The van der Waals surface area contributed by atoms with Crippen molar-refractivity contribution in [3.63, 3.8) is 0 Å². The summed E-state index contributed by atoms with van der Waals surface area (Å²) in [6.07, 6.45) is 0.198. The first-order chi connectivity index (χ1) is 14.5. The summed E-state index contributed by atoms with van der Waals surface area (Å²) in [6.45, 7) is -0.0130. The number of amides is 2. The highest BCUT2D eigenvalue weighted by Crippen LogP contribution is 2.37. The Labute approximate surface area is 183 Å². The average Bonchev–Trinajstić information content (AvgIpc) is 2.90. The van der Waals surface area contributed by atoms with Crippen molar-refractivity contribution in [2.45, 2.75) is 12.5 Å². The second kappa shape index (κ2) is 8.71. The Balaban J connectivity index is 1.75. The van der Waals surface area contributed by atoms with Gasteiger partial charge in [-0.25, -0.2) is 0 Å². The number of carbonyl (C=O) groups is 2. The largest absolute Gasteiger partial charge is 0.497 e. The van der Waals surface area contributed by atoms with Crippen molar-refractivity contribution in [2.75, 3.05) is 19.0 Å². The molecule has 0 spiro atoms. The summed E-state index contributed by atoms with van der Waals surface area (Å²) in [6, 6.07) is 22.5. The van der Waals surface area contributed by atoms with Crippen molar-refractivity contribution in [2.24, 2.45) is 0 Å². The Bertz CT molecular complexity index is 1070. The molecule has 6 heteroatoms. The second-order valence-corrected chi connectivity index (χ2v) is 8.06. The first-order valence-electron chi connectivity index (χ1n) is 9.62. The molecule has 1 unspecified atom stereocenters. The number of benzene rings is 3. The molecule has 0 aliphatic carbocycles. The van der Waals surface area contributed by atoms with Gasteiger partial charge in [0.05, 0.1) is 19.6 Å². The zero-order valence-corrected chi connectivity index (χ0v) is 18.1. The van der Waals surface area contributed by atoms with Crippen molar-refractivity contribution < 1.29 is 14.3 Å². The molecule has 1 heterocycles. The monoisotopic (exact) mass is 464 g/mol. The molecule has 1 atom stereocenters. The van der Waals surface area contributed by atoms with Gasteiger partial charge in [0, 0.05) is 15.7 Å². The van der Waals surface area contributed by atoms with Crippen LogP contribution in [0.15, 0.2) is 77.3 Å². The first-order valence-corrected chi connectivity index (χ1v) is 10.4. The minimum absolute atomic E-state index is 0.0130. The molecule has 2 amide bonds. The van der Waals surface area contributed by atoms with Gasteiger partial charge in [0.15, 0.2) is 0 Å². The summed E-state index contributed by atoms with van der Waals surface area (Å²) < 4.78 is 6.08. The maximum Gasteiger partial charge on any atom is 0.244 e. The number of hydrogen-bond donors (Lipinski definition) is 1. The van der Waals surface area contributed by atoms with Crippen molar-refractivity contribution in [3.8, 4) is 5.75 Å². The molecule has 1 N–H and O–H groups in total. The zero-order valence-electron chi connectivity index (χ0n) is 16.5. The number of carbonyl (C=O) groups excluding carboxylic acids is 2. The number of halogens is 1. The molecule has 1 aliphatic rings. The first kappa shape index (κ1) is 20.2. The summed E-state index contributed by atoms with van der Waals surface area (Å²) in [4.78, 5) is 27.7. The Kier molecular flexibility index (Phi) is 5.86. The standard InChI is InChI=1S/C24H21BrN2O3/c1-30-19-10-7-16(8-11-19)13-23(29)27-15-22(28)26-21-12-9-18(25)14-20(21)24(27)17-5-3-2-4-6-17/h2-12,14,24H,13,15H2,1H3,(H,26,28). The number of anilines is 1. The van der Waals surface area contributed by atoms with Crippen molar-refractivity contribution in [3.05, 3.63) is 94.0 Å². The molecule has 30 heavy (non-hydrogen) atoms. The van der Waals surface area contributed by atoms with Crippen LogP contribution in [0.2, 0.25) is 0 Å². The van der Waals surface area contributed by atoms with E-state index in [2.05, 4.69) is 21.2 Å². The maximum absolute atomic E-state index is 13.4. The van der Waals surface area contributed by atoms with Crippen LogP contribution in [-0.2, 0) is 16.0 Å². The average molecular weight is 465 g/mol. The number of fused-ring (bicyclic) bond motifs is 1. The van der Waals surface area contributed by atoms with E-state index in [0.29, 0.717) is 0 Å². The van der Waals surface area contributed by atoms with E-state index in [-0.39, 0.29) is 30.8 Å². The lowest BCUT2D eigenvalue weighted by atomic mass is 9.95. The fourth-order valence-electron chi connectivity index (χ4n) is 3.72. The highest BCUT2D eigenvalue weighted by Gasteiger charge is 2.33. The van der Waals surface area contributed by atoms with E-state index in [9.17, 15) is 9.59 Å². The van der Waals surface area contributed by atoms with Gasteiger partial charge in [-0.3, -0.25) is 9.59 Å². The predicted octanol–water partition coefficient (Wildman–Crippen LogP) is 4.57.